The van der Waals surface area contributed by atoms with E-state index in [1.54, 1.807) is 13.2 Å². The maximum Gasteiger partial charge on any atom is 0.226 e. The first-order chi connectivity index (χ1) is 8.79. The summed E-state index contributed by atoms with van der Waals surface area (Å²) in [5.74, 6) is 0.837. The number of nitrogens with zero attached hydrogens (tertiary/aromatic N) is 1. The lowest BCUT2D eigenvalue weighted by molar-refractivity contribution is 0.419. The Morgan fingerprint density at radius 3 is 2.56 bits per heavy atom. The summed E-state index contributed by atoms with van der Waals surface area (Å²) in [4.78, 5) is 0. The van der Waals surface area contributed by atoms with E-state index < -0.39 is 0 Å². The van der Waals surface area contributed by atoms with Crippen molar-refractivity contribution in [3.05, 3.63) is 47.7 Å². The Morgan fingerprint density at radius 1 is 1.11 bits per heavy atom. The highest BCUT2D eigenvalue weighted by Gasteiger charge is 2.11. The minimum absolute atomic E-state index is 0.282. The van der Waals surface area contributed by atoms with E-state index in [0.29, 0.717) is 0 Å². The number of rotatable bonds is 2. The lowest BCUT2D eigenvalue weighted by atomic mass is 10.0. The molecule has 0 saturated heterocycles. The van der Waals surface area contributed by atoms with Crippen molar-refractivity contribution in [2.75, 3.05) is 7.11 Å². The highest BCUT2D eigenvalue weighted by atomic mass is 35.5. The zero-order valence-electron chi connectivity index (χ0n) is 9.68. The summed E-state index contributed by atoms with van der Waals surface area (Å²) in [6.45, 7) is 0. The van der Waals surface area contributed by atoms with Gasteiger partial charge in [0.05, 0.1) is 7.11 Å². The van der Waals surface area contributed by atoms with Gasteiger partial charge in [-0.15, -0.1) is 0 Å². The summed E-state index contributed by atoms with van der Waals surface area (Å²) < 4.78 is 10.3. The average Bonchev–Trinajstić information content (AvgIpc) is 2.84. The number of aromatic nitrogens is 1. The van der Waals surface area contributed by atoms with Gasteiger partial charge in [-0.05, 0) is 29.1 Å². The van der Waals surface area contributed by atoms with Gasteiger partial charge in [-0.2, -0.15) is 0 Å². The van der Waals surface area contributed by atoms with Crippen LogP contribution in [0.2, 0.25) is 5.22 Å². The number of hydrogen-bond acceptors (Lipinski definition) is 3. The summed E-state index contributed by atoms with van der Waals surface area (Å²) in [7, 11) is 1.66. The third-order valence-electron chi connectivity index (χ3n) is 2.86. The van der Waals surface area contributed by atoms with E-state index in [2.05, 4.69) is 5.16 Å². The molecular formula is C14H10ClNO2. The normalized spacial score (nSPS) is 10.8. The number of benzene rings is 2. The Labute approximate surface area is 109 Å². The third-order valence-corrected chi connectivity index (χ3v) is 3.04. The van der Waals surface area contributed by atoms with Gasteiger partial charge >= 0.3 is 0 Å². The fraction of sp³-hybridized carbons (Fsp3) is 0.0714. The monoisotopic (exact) mass is 259 g/mol. The van der Waals surface area contributed by atoms with Crippen LogP contribution in [0.3, 0.4) is 0 Å². The van der Waals surface area contributed by atoms with E-state index in [-0.39, 0.29) is 5.22 Å². The second-order valence-electron chi connectivity index (χ2n) is 3.88. The number of fused-ring (bicyclic) bond motifs is 1. The van der Waals surface area contributed by atoms with Crippen molar-refractivity contribution in [2.24, 2.45) is 0 Å². The summed E-state index contributed by atoms with van der Waals surface area (Å²) in [6.07, 6.45) is 0. The maximum atomic E-state index is 5.77. The molecular weight excluding hydrogens is 250 g/mol. The van der Waals surface area contributed by atoms with Gasteiger partial charge in [-0.3, -0.25) is 0 Å². The topological polar surface area (TPSA) is 35.3 Å². The molecule has 4 heteroatoms. The van der Waals surface area contributed by atoms with Gasteiger partial charge in [-0.25, -0.2) is 0 Å². The van der Waals surface area contributed by atoms with Crippen molar-refractivity contribution in [3.8, 4) is 17.0 Å². The first kappa shape index (κ1) is 11.1. The quantitative estimate of drug-likeness (QED) is 0.693. The Balaban J connectivity index is 2.31. The minimum atomic E-state index is 0.282. The molecule has 0 saturated carbocycles. The molecule has 1 aromatic heterocycles. The van der Waals surface area contributed by atoms with Gasteiger partial charge in [0.1, 0.15) is 11.4 Å². The molecule has 0 aliphatic rings. The van der Waals surface area contributed by atoms with Crippen LogP contribution in [-0.4, -0.2) is 12.3 Å². The molecule has 1 heterocycles. The molecule has 0 aliphatic carbocycles. The molecule has 2 aromatic carbocycles. The largest absolute Gasteiger partial charge is 0.496 e. The van der Waals surface area contributed by atoms with Crippen LogP contribution in [0.4, 0.5) is 0 Å². The average molecular weight is 260 g/mol. The van der Waals surface area contributed by atoms with Crippen molar-refractivity contribution >= 4 is 22.4 Å². The van der Waals surface area contributed by atoms with Crippen molar-refractivity contribution in [1.82, 2.24) is 5.16 Å². The van der Waals surface area contributed by atoms with Crippen molar-refractivity contribution in [2.45, 2.75) is 0 Å². The molecule has 18 heavy (non-hydrogen) atoms. The summed E-state index contributed by atoms with van der Waals surface area (Å²) in [6, 6.07) is 13.6. The number of methoxy groups -OCH3 is 1. The lowest BCUT2D eigenvalue weighted by Crippen LogP contribution is -1.87. The van der Waals surface area contributed by atoms with Crippen molar-refractivity contribution in [3.63, 3.8) is 0 Å². The van der Waals surface area contributed by atoms with E-state index in [4.69, 9.17) is 20.9 Å². The fourth-order valence-electron chi connectivity index (χ4n) is 2.05. The number of halogens is 1. The van der Waals surface area contributed by atoms with Crippen LogP contribution in [0.15, 0.2) is 47.0 Å². The van der Waals surface area contributed by atoms with E-state index >= 15 is 0 Å². The van der Waals surface area contributed by atoms with Crippen molar-refractivity contribution in [1.29, 1.82) is 0 Å². The first-order valence-electron chi connectivity index (χ1n) is 5.48. The molecule has 90 valence electrons. The van der Waals surface area contributed by atoms with E-state index in [1.165, 1.54) is 0 Å². The smallest absolute Gasteiger partial charge is 0.226 e. The lowest BCUT2D eigenvalue weighted by Gasteiger charge is -2.08. The van der Waals surface area contributed by atoms with Crippen LogP contribution in [-0.2, 0) is 0 Å². The van der Waals surface area contributed by atoms with Gasteiger partial charge in [-0.1, -0.05) is 29.4 Å². The van der Waals surface area contributed by atoms with Crippen LogP contribution in [0.5, 0.6) is 5.75 Å². The Kier molecular flexibility index (Phi) is 2.68. The van der Waals surface area contributed by atoms with Crippen LogP contribution in [0.1, 0.15) is 0 Å². The van der Waals surface area contributed by atoms with Gasteiger partial charge in [0, 0.05) is 17.0 Å². The van der Waals surface area contributed by atoms with Crippen molar-refractivity contribution < 1.29 is 9.26 Å². The maximum absolute atomic E-state index is 5.77. The molecule has 3 nitrogen and oxygen atoms in total. The molecule has 3 rings (SSSR count). The Morgan fingerprint density at radius 2 is 1.89 bits per heavy atom. The SMILES string of the molecule is COc1ccc(-c2cc(Cl)on2)c2ccccc12. The molecule has 0 N–H and O–H groups in total. The van der Waals surface area contributed by atoms with Gasteiger partial charge in [0.25, 0.3) is 0 Å². The minimum Gasteiger partial charge on any atom is -0.496 e. The second-order valence-corrected chi connectivity index (χ2v) is 4.25. The van der Waals surface area contributed by atoms with Gasteiger partial charge in [0.2, 0.25) is 5.22 Å². The van der Waals surface area contributed by atoms with E-state index in [9.17, 15) is 0 Å². The number of hydrogen-bond donors (Lipinski definition) is 0. The molecule has 0 spiro atoms. The third kappa shape index (κ3) is 1.73. The first-order valence-corrected chi connectivity index (χ1v) is 5.86. The van der Waals surface area contributed by atoms with Gasteiger partial charge in [0.15, 0.2) is 0 Å². The Bertz CT molecular complexity index is 706. The second kappa shape index (κ2) is 4.35. The van der Waals surface area contributed by atoms with Crippen LogP contribution >= 0.6 is 11.6 Å². The summed E-state index contributed by atoms with van der Waals surface area (Å²) in [5, 5.41) is 6.32. The molecule has 0 atom stereocenters. The van der Waals surface area contributed by atoms with Gasteiger partial charge < -0.3 is 9.26 Å². The molecule has 0 bridgehead atoms. The zero-order chi connectivity index (χ0) is 12.5. The highest BCUT2D eigenvalue weighted by molar-refractivity contribution is 6.29. The summed E-state index contributed by atoms with van der Waals surface area (Å²) in [5.41, 5.74) is 1.70. The molecule has 0 aliphatic heterocycles. The Hall–Kier alpha value is -2.00. The van der Waals surface area contributed by atoms with Crippen LogP contribution < -0.4 is 4.74 Å². The standard InChI is InChI=1S/C14H10ClNO2/c1-17-13-7-6-10(12-8-14(15)18-16-12)9-4-2-3-5-11(9)13/h2-8H,1H3. The predicted octanol–water partition coefficient (Wildman–Crippen LogP) is 4.16. The number of ether oxygens (including phenoxy) is 1. The fourth-order valence-corrected chi connectivity index (χ4v) is 2.19. The molecule has 0 radical (unpaired) electrons. The van der Waals surface area contributed by atoms with E-state index in [1.807, 2.05) is 36.4 Å². The predicted molar refractivity (Wildman–Crippen MR) is 71.0 cm³/mol. The zero-order valence-corrected chi connectivity index (χ0v) is 10.4. The van der Waals surface area contributed by atoms with Crippen LogP contribution in [0.25, 0.3) is 22.0 Å². The molecule has 0 amide bonds. The molecule has 0 unspecified atom stereocenters. The molecule has 3 aromatic rings. The molecule has 0 fully saturated rings. The van der Waals surface area contributed by atoms with Crippen LogP contribution in [0, 0.1) is 0 Å². The highest BCUT2D eigenvalue weighted by Crippen LogP contribution is 2.34. The summed E-state index contributed by atoms with van der Waals surface area (Å²) >= 11 is 5.77. The van der Waals surface area contributed by atoms with E-state index in [0.717, 1.165) is 27.8 Å².